The van der Waals surface area contributed by atoms with Crippen LogP contribution < -0.4 is 9.64 Å². The molecule has 0 unspecified atom stereocenters. The summed E-state index contributed by atoms with van der Waals surface area (Å²) in [6, 6.07) is 21.3. The highest BCUT2D eigenvalue weighted by atomic mass is 32.2. The average Bonchev–Trinajstić information content (AvgIpc) is 2.74. The van der Waals surface area contributed by atoms with E-state index in [9.17, 15) is 0 Å². The number of rotatable bonds is 7. The fourth-order valence-electron chi connectivity index (χ4n) is 3.72. The van der Waals surface area contributed by atoms with Crippen molar-refractivity contribution in [2.24, 2.45) is 0 Å². The number of ether oxygens (including phenoxy) is 2. The standard InChI is InChI=1S/C25H27NO2S/c1-3-27-19(2)17-20-7-6-8-21-18-22(11-12-23(20)21)28-15-13-26-14-16-29-25-10-5-4-9-24(25)26/h4-12,17-18H,3,13-16H2,1-2H3. The van der Waals surface area contributed by atoms with Crippen LogP contribution in [0.3, 0.4) is 0 Å². The summed E-state index contributed by atoms with van der Waals surface area (Å²) in [6.45, 7) is 7.32. The zero-order valence-corrected chi connectivity index (χ0v) is 17.9. The van der Waals surface area contributed by atoms with E-state index in [2.05, 4.69) is 71.6 Å². The molecule has 0 atom stereocenters. The molecule has 1 aliphatic rings. The van der Waals surface area contributed by atoms with E-state index in [-0.39, 0.29) is 0 Å². The van der Waals surface area contributed by atoms with Crippen LogP contribution in [0, 0.1) is 0 Å². The van der Waals surface area contributed by atoms with Crippen LogP contribution in [0.1, 0.15) is 19.4 Å². The van der Waals surface area contributed by atoms with Crippen molar-refractivity contribution in [3.05, 3.63) is 72.0 Å². The molecule has 0 bridgehead atoms. The number of benzene rings is 3. The van der Waals surface area contributed by atoms with Gasteiger partial charge in [-0.3, -0.25) is 0 Å². The molecule has 0 N–H and O–H groups in total. The molecule has 0 fully saturated rings. The Labute approximate surface area is 177 Å². The topological polar surface area (TPSA) is 21.7 Å². The smallest absolute Gasteiger partial charge is 0.120 e. The molecule has 0 spiro atoms. The second-order valence-corrected chi connectivity index (χ2v) is 8.21. The van der Waals surface area contributed by atoms with Crippen LogP contribution in [0.15, 0.2) is 71.3 Å². The van der Waals surface area contributed by atoms with Crippen molar-refractivity contribution in [1.82, 2.24) is 0 Å². The van der Waals surface area contributed by atoms with Crippen molar-refractivity contribution in [2.75, 3.05) is 37.0 Å². The van der Waals surface area contributed by atoms with Gasteiger partial charge in [-0.2, -0.15) is 0 Å². The van der Waals surface area contributed by atoms with Crippen LogP contribution in [-0.4, -0.2) is 32.1 Å². The van der Waals surface area contributed by atoms with E-state index in [1.54, 1.807) is 0 Å². The van der Waals surface area contributed by atoms with E-state index in [4.69, 9.17) is 9.47 Å². The van der Waals surface area contributed by atoms with Gasteiger partial charge in [0.2, 0.25) is 0 Å². The molecule has 3 nitrogen and oxygen atoms in total. The minimum Gasteiger partial charge on any atom is -0.499 e. The van der Waals surface area contributed by atoms with Crippen LogP contribution in [-0.2, 0) is 4.74 Å². The Morgan fingerprint density at radius 2 is 2.00 bits per heavy atom. The third-order valence-electron chi connectivity index (χ3n) is 5.07. The summed E-state index contributed by atoms with van der Waals surface area (Å²) in [5.41, 5.74) is 2.49. The van der Waals surface area contributed by atoms with Crippen LogP contribution in [0.25, 0.3) is 16.8 Å². The van der Waals surface area contributed by atoms with Gasteiger partial charge in [0.05, 0.1) is 24.6 Å². The Kier molecular flexibility index (Phi) is 6.30. The van der Waals surface area contributed by atoms with E-state index >= 15 is 0 Å². The van der Waals surface area contributed by atoms with E-state index in [0.29, 0.717) is 13.2 Å². The summed E-state index contributed by atoms with van der Waals surface area (Å²) < 4.78 is 11.7. The Morgan fingerprint density at radius 1 is 1.10 bits per heavy atom. The molecule has 4 heteroatoms. The minimum absolute atomic E-state index is 0.674. The summed E-state index contributed by atoms with van der Waals surface area (Å²) >= 11 is 1.94. The minimum atomic E-state index is 0.674. The summed E-state index contributed by atoms with van der Waals surface area (Å²) in [4.78, 5) is 3.79. The third kappa shape index (κ3) is 4.70. The number of thioether (sulfide) groups is 1. The van der Waals surface area contributed by atoms with Crippen molar-refractivity contribution >= 4 is 34.3 Å². The summed E-state index contributed by atoms with van der Waals surface area (Å²) in [6.07, 6.45) is 2.10. The van der Waals surface area contributed by atoms with Crippen molar-refractivity contribution < 1.29 is 9.47 Å². The highest BCUT2D eigenvalue weighted by molar-refractivity contribution is 7.99. The molecule has 0 saturated heterocycles. The van der Waals surface area contributed by atoms with Crippen molar-refractivity contribution in [3.8, 4) is 5.75 Å². The first-order valence-electron chi connectivity index (χ1n) is 10.2. The first kappa shape index (κ1) is 19.7. The van der Waals surface area contributed by atoms with Crippen molar-refractivity contribution in [3.63, 3.8) is 0 Å². The maximum atomic E-state index is 6.10. The van der Waals surface area contributed by atoms with Crippen molar-refractivity contribution in [1.29, 1.82) is 0 Å². The summed E-state index contributed by atoms with van der Waals surface area (Å²) in [7, 11) is 0. The van der Waals surface area contributed by atoms with E-state index in [0.717, 1.165) is 30.4 Å². The van der Waals surface area contributed by atoms with E-state index < -0.39 is 0 Å². The van der Waals surface area contributed by atoms with Gasteiger partial charge >= 0.3 is 0 Å². The zero-order valence-electron chi connectivity index (χ0n) is 17.1. The third-order valence-corrected chi connectivity index (χ3v) is 6.11. The number of anilines is 1. The lowest BCUT2D eigenvalue weighted by Gasteiger charge is -2.30. The maximum absolute atomic E-state index is 6.10. The van der Waals surface area contributed by atoms with Gasteiger partial charge in [0, 0.05) is 17.2 Å². The molecule has 29 heavy (non-hydrogen) atoms. The SMILES string of the molecule is CCOC(C)=Cc1cccc2cc(OCCN3CCSc4ccccc43)ccc12. The van der Waals surface area contributed by atoms with Gasteiger partial charge in [0.25, 0.3) is 0 Å². The number of fused-ring (bicyclic) bond motifs is 2. The summed E-state index contributed by atoms with van der Waals surface area (Å²) in [5, 5.41) is 2.39. The van der Waals surface area contributed by atoms with Gasteiger partial charge in [0.15, 0.2) is 0 Å². The lowest BCUT2D eigenvalue weighted by atomic mass is 10.0. The highest BCUT2D eigenvalue weighted by Gasteiger charge is 2.16. The van der Waals surface area contributed by atoms with E-state index in [1.165, 1.54) is 26.9 Å². The lowest BCUT2D eigenvalue weighted by Crippen LogP contribution is -2.33. The Hall–Kier alpha value is -2.59. The van der Waals surface area contributed by atoms with E-state index in [1.807, 2.05) is 25.6 Å². The van der Waals surface area contributed by atoms with Crippen LogP contribution in [0.2, 0.25) is 0 Å². The quantitative estimate of drug-likeness (QED) is 0.435. The Morgan fingerprint density at radius 3 is 2.90 bits per heavy atom. The van der Waals surface area contributed by atoms with Crippen LogP contribution >= 0.6 is 11.8 Å². The molecular weight excluding hydrogens is 378 g/mol. The van der Waals surface area contributed by atoms with Gasteiger partial charge in [-0.15, -0.1) is 11.8 Å². The first-order chi connectivity index (χ1) is 14.2. The zero-order chi connectivity index (χ0) is 20.1. The predicted octanol–water partition coefficient (Wildman–Crippen LogP) is 6.23. The molecule has 0 amide bonds. The molecular formula is C25H27NO2S. The second kappa shape index (κ2) is 9.27. The largest absolute Gasteiger partial charge is 0.499 e. The average molecular weight is 406 g/mol. The fourth-order valence-corrected chi connectivity index (χ4v) is 4.77. The van der Waals surface area contributed by atoms with Crippen LogP contribution in [0.5, 0.6) is 5.75 Å². The van der Waals surface area contributed by atoms with Gasteiger partial charge in [-0.25, -0.2) is 0 Å². The molecule has 3 aromatic rings. The lowest BCUT2D eigenvalue weighted by molar-refractivity contribution is 0.235. The molecule has 0 aliphatic carbocycles. The van der Waals surface area contributed by atoms with Gasteiger partial charge in [-0.05, 0) is 60.5 Å². The molecule has 4 rings (SSSR count). The molecule has 3 aromatic carbocycles. The number of allylic oxidation sites excluding steroid dienone is 1. The van der Waals surface area contributed by atoms with Gasteiger partial charge in [0.1, 0.15) is 12.4 Å². The number of hydrogen-bond acceptors (Lipinski definition) is 4. The van der Waals surface area contributed by atoms with Crippen molar-refractivity contribution in [2.45, 2.75) is 18.7 Å². The molecule has 150 valence electrons. The second-order valence-electron chi connectivity index (χ2n) is 7.07. The first-order valence-corrected chi connectivity index (χ1v) is 11.2. The summed E-state index contributed by atoms with van der Waals surface area (Å²) in [5.74, 6) is 2.98. The predicted molar refractivity (Wildman–Crippen MR) is 124 cm³/mol. The molecule has 0 radical (unpaired) electrons. The molecule has 1 heterocycles. The normalized spacial score (nSPS) is 14.0. The van der Waals surface area contributed by atoms with Crippen LogP contribution in [0.4, 0.5) is 5.69 Å². The Balaban J connectivity index is 1.44. The molecule has 0 aromatic heterocycles. The van der Waals surface area contributed by atoms with Gasteiger partial charge < -0.3 is 14.4 Å². The fraction of sp³-hybridized carbons (Fsp3) is 0.280. The monoisotopic (exact) mass is 405 g/mol. The molecule has 0 saturated carbocycles. The highest BCUT2D eigenvalue weighted by Crippen LogP contribution is 2.34. The maximum Gasteiger partial charge on any atom is 0.120 e. The van der Waals surface area contributed by atoms with Gasteiger partial charge in [-0.1, -0.05) is 36.4 Å². The molecule has 1 aliphatic heterocycles. The number of nitrogens with zero attached hydrogens (tertiary/aromatic N) is 1. The number of hydrogen-bond donors (Lipinski definition) is 0. The number of para-hydroxylation sites is 1. The Bertz CT molecular complexity index is 1010.